The fourth-order valence-corrected chi connectivity index (χ4v) is 4.61. The van der Waals surface area contributed by atoms with Gasteiger partial charge in [-0.05, 0) is 30.3 Å². The van der Waals surface area contributed by atoms with Gasteiger partial charge in [0.15, 0.2) is 0 Å². The number of hydrogen-bond acceptors (Lipinski definition) is 6. The Morgan fingerprint density at radius 3 is 2.69 bits per heavy atom. The van der Waals surface area contributed by atoms with Crippen molar-refractivity contribution in [2.24, 2.45) is 0 Å². The van der Waals surface area contributed by atoms with Crippen molar-refractivity contribution in [3.63, 3.8) is 0 Å². The van der Waals surface area contributed by atoms with Gasteiger partial charge in [-0.1, -0.05) is 11.6 Å². The van der Waals surface area contributed by atoms with Crippen LogP contribution in [-0.2, 0) is 26.0 Å². The smallest absolute Gasteiger partial charge is 0.255 e. The molecule has 0 bridgehead atoms. The Morgan fingerprint density at radius 2 is 2.03 bits per heavy atom. The summed E-state index contributed by atoms with van der Waals surface area (Å²) in [5, 5.41) is 0.179. The van der Waals surface area contributed by atoms with E-state index in [1.165, 1.54) is 40.8 Å². The van der Waals surface area contributed by atoms with Gasteiger partial charge in [0.05, 0.1) is 48.1 Å². The third-order valence-electron chi connectivity index (χ3n) is 4.56. The highest BCUT2D eigenvalue weighted by atomic mass is 35.5. The van der Waals surface area contributed by atoms with E-state index in [1.54, 1.807) is 12.1 Å². The second kappa shape index (κ2) is 9.73. The molecule has 10 heteroatoms. The molecule has 2 aromatic rings. The number of sulfonamides is 1. The lowest BCUT2D eigenvalue weighted by atomic mass is 10.2. The number of halogens is 1. The van der Waals surface area contributed by atoms with Crippen molar-refractivity contribution >= 4 is 27.5 Å². The number of rotatable bonds is 8. The maximum Gasteiger partial charge on any atom is 0.255 e. The Bertz CT molecular complexity index is 926. The Balaban J connectivity index is 1.89. The van der Waals surface area contributed by atoms with Crippen molar-refractivity contribution in [2.45, 2.75) is 11.4 Å². The van der Waals surface area contributed by atoms with Crippen LogP contribution >= 0.6 is 11.6 Å². The second-order valence-corrected chi connectivity index (χ2v) is 8.80. The van der Waals surface area contributed by atoms with Crippen LogP contribution in [0.1, 0.15) is 16.1 Å². The molecule has 158 valence electrons. The van der Waals surface area contributed by atoms with Gasteiger partial charge >= 0.3 is 0 Å². The summed E-state index contributed by atoms with van der Waals surface area (Å²) >= 11 is 6.26. The fourth-order valence-electron chi connectivity index (χ4n) is 2.98. The molecule has 1 saturated heterocycles. The van der Waals surface area contributed by atoms with Crippen molar-refractivity contribution in [1.29, 1.82) is 0 Å². The zero-order valence-electron chi connectivity index (χ0n) is 16.0. The molecule has 0 atom stereocenters. The molecular formula is C19H23ClN2O6S. The van der Waals surface area contributed by atoms with Crippen LogP contribution in [0.3, 0.4) is 0 Å². The van der Waals surface area contributed by atoms with Crippen LogP contribution in [0, 0.1) is 0 Å². The summed E-state index contributed by atoms with van der Waals surface area (Å²) < 4.78 is 42.9. The first kappa shape index (κ1) is 21.8. The van der Waals surface area contributed by atoms with Gasteiger partial charge in [0, 0.05) is 26.7 Å². The van der Waals surface area contributed by atoms with Crippen molar-refractivity contribution < 1.29 is 27.1 Å². The first-order valence-electron chi connectivity index (χ1n) is 9.11. The maximum absolute atomic E-state index is 13.2. The third kappa shape index (κ3) is 5.18. The van der Waals surface area contributed by atoms with E-state index < -0.39 is 15.9 Å². The molecule has 1 fully saturated rings. The summed E-state index contributed by atoms with van der Waals surface area (Å²) in [7, 11) is -2.21. The first-order valence-corrected chi connectivity index (χ1v) is 10.9. The Hall–Kier alpha value is -1.91. The summed E-state index contributed by atoms with van der Waals surface area (Å²) in [6.45, 7) is 2.05. The van der Waals surface area contributed by atoms with Gasteiger partial charge in [0.25, 0.3) is 5.91 Å². The number of morpholine rings is 1. The quantitative estimate of drug-likeness (QED) is 0.623. The van der Waals surface area contributed by atoms with Crippen LogP contribution in [0.4, 0.5) is 0 Å². The van der Waals surface area contributed by atoms with Crippen LogP contribution in [0.5, 0.6) is 0 Å². The molecule has 1 aliphatic heterocycles. The summed E-state index contributed by atoms with van der Waals surface area (Å²) in [6, 6.07) is 7.67. The minimum atomic E-state index is -3.75. The highest BCUT2D eigenvalue weighted by Crippen LogP contribution is 2.25. The molecule has 0 radical (unpaired) electrons. The van der Waals surface area contributed by atoms with E-state index in [1.807, 2.05) is 0 Å². The molecule has 0 aliphatic carbocycles. The number of nitrogens with zero attached hydrogens (tertiary/aromatic N) is 2. The minimum Gasteiger partial charge on any atom is -0.467 e. The lowest BCUT2D eigenvalue weighted by molar-refractivity contribution is 0.0666. The number of amides is 1. The van der Waals surface area contributed by atoms with Gasteiger partial charge in [0.2, 0.25) is 10.0 Å². The van der Waals surface area contributed by atoms with Gasteiger partial charge in [-0.25, -0.2) is 8.42 Å². The zero-order valence-corrected chi connectivity index (χ0v) is 17.6. The molecule has 1 amide bonds. The average molecular weight is 443 g/mol. The van der Waals surface area contributed by atoms with Crippen LogP contribution in [-0.4, -0.2) is 70.1 Å². The number of methoxy groups -OCH3 is 1. The molecule has 8 nitrogen and oxygen atoms in total. The molecular weight excluding hydrogens is 420 g/mol. The Morgan fingerprint density at radius 1 is 1.28 bits per heavy atom. The molecule has 0 spiro atoms. The van der Waals surface area contributed by atoms with Crippen LogP contribution in [0.2, 0.25) is 5.02 Å². The standard InChI is InChI=1S/C19H23ClN2O6S/c1-26-10-6-21(14-15-3-2-9-28-15)19(23)17-13-16(4-5-18(17)20)29(24,25)22-7-11-27-12-8-22/h2-5,9,13H,6-8,10-12,14H2,1H3. The van der Waals surface area contributed by atoms with E-state index in [9.17, 15) is 13.2 Å². The van der Waals surface area contributed by atoms with Crippen molar-refractivity contribution in [3.8, 4) is 0 Å². The van der Waals surface area contributed by atoms with E-state index >= 15 is 0 Å². The maximum atomic E-state index is 13.2. The Labute approximate surface area is 175 Å². The third-order valence-corrected chi connectivity index (χ3v) is 6.78. The summed E-state index contributed by atoms with van der Waals surface area (Å²) in [6.07, 6.45) is 1.52. The zero-order chi connectivity index (χ0) is 20.9. The molecule has 29 heavy (non-hydrogen) atoms. The molecule has 3 rings (SSSR count). The molecule has 1 aliphatic rings. The van der Waals surface area contributed by atoms with Crippen LogP contribution < -0.4 is 0 Å². The molecule has 0 unspecified atom stereocenters. The van der Waals surface area contributed by atoms with E-state index in [2.05, 4.69) is 0 Å². The van der Waals surface area contributed by atoms with Gasteiger partial charge < -0.3 is 18.8 Å². The van der Waals surface area contributed by atoms with Crippen molar-refractivity contribution in [3.05, 3.63) is 52.9 Å². The largest absolute Gasteiger partial charge is 0.467 e. The fraction of sp³-hybridized carbons (Fsp3) is 0.421. The van der Waals surface area contributed by atoms with E-state index in [-0.39, 0.29) is 35.1 Å². The highest BCUT2D eigenvalue weighted by molar-refractivity contribution is 7.89. The number of furan rings is 1. The first-order chi connectivity index (χ1) is 13.9. The van der Waals surface area contributed by atoms with Crippen molar-refractivity contribution in [1.82, 2.24) is 9.21 Å². The van der Waals surface area contributed by atoms with Crippen LogP contribution in [0.15, 0.2) is 45.9 Å². The van der Waals surface area contributed by atoms with Gasteiger partial charge in [-0.2, -0.15) is 4.31 Å². The normalized spacial score (nSPS) is 15.4. The highest BCUT2D eigenvalue weighted by Gasteiger charge is 2.28. The van der Waals surface area contributed by atoms with Gasteiger partial charge in [-0.3, -0.25) is 4.79 Å². The van der Waals surface area contributed by atoms with E-state index in [4.69, 9.17) is 25.5 Å². The lowest BCUT2D eigenvalue weighted by Crippen LogP contribution is -2.40. The molecule has 2 heterocycles. The van der Waals surface area contributed by atoms with E-state index in [0.29, 0.717) is 32.1 Å². The predicted octanol–water partition coefficient (Wildman–Crippen LogP) is 2.24. The monoisotopic (exact) mass is 442 g/mol. The summed E-state index contributed by atoms with van der Waals surface area (Å²) in [5.74, 6) is 0.199. The average Bonchev–Trinajstić information content (AvgIpc) is 3.24. The number of carbonyl (C=O) groups is 1. The Kier molecular flexibility index (Phi) is 7.31. The molecule has 1 aromatic carbocycles. The summed E-state index contributed by atoms with van der Waals surface area (Å²) in [5.41, 5.74) is 0.115. The SMILES string of the molecule is COCCN(Cc1ccco1)C(=O)c1cc(S(=O)(=O)N2CCOCC2)ccc1Cl. The number of benzene rings is 1. The molecule has 0 N–H and O–H groups in total. The summed E-state index contributed by atoms with van der Waals surface area (Å²) in [4.78, 5) is 14.7. The predicted molar refractivity (Wildman–Crippen MR) is 106 cm³/mol. The van der Waals surface area contributed by atoms with E-state index in [0.717, 1.165) is 0 Å². The van der Waals surface area contributed by atoms with Gasteiger partial charge in [-0.15, -0.1) is 0 Å². The molecule has 1 aromatic heterocycles. The number of carbonyl (C=O) groups excluding carboxylic acids is 1. The van der Waals surface area contributed by atoms with Crippen molar-refractivity contribution in [2.75, 3.05) is 46.6 Å². The van der Waals surface area contributed by atoms with Gasteiger partial charge in [0.1, 0.15) is 5.76 Å². The van der Waals surface area contributed by atoms with Crippen LogP contribution in [0.25, 0.3) is 0 Å². The number of hydrogen-bond donors (Lipinski definition) is 0. The topological polar surface area (TPSA) is 89.3 Å². The number of ether oxygens (including phenoxy) is 2. The minimum absolute atomic E-state index is 0.0249. The second-order valence-electron chi connectivity index (χ2n) is 6.46. The lowest BCUT2D eigenvalue weighted by Gasteiger charge is -2.26. The molecule has 0 saturated carbocycles.